The van der Waals surface area contributed by atoms with Crippen molar-refractivity contribution in [3.63, 3.8) is 0 Å². The quantitative estimate of drug-likeness (QED) is 0.709. The van der Waals surface area contributed by atoms with Crippen LogP contribution in [0.3, 0.4) is 0 Å². The highest BCUT2D eigenvalue weighted by Crippen LogP contribution is 2.13. The molecule has 1 heterocycles. The summed E-state index contributed by atoms with van der Waals surface area (Å²) in [5.74, 6) is 2.23. The lowest BCUT2D eigenvalue weighted by Gasteiger charge is -2.11. The number of tetrazole rings is 1. The maximum Gasteiger partial charge on any atom is 0.166 e. The van der Waals surface area contributed by atoms with Crippen LogP contribution in [0, 0.1) is 0 Å². The minimum Gasteiger partial charge on any atom is -0.226 e. The van der Waals surface area contributed by atoms with Gasteiger partial charge in [0.2, 0.25) is 0 Å². The number of thioether (sulfide) groups is 1. The molecule has 0 N–H and O–H groups in total. The van der Waals surface area contributed by atoms with Gasteiger partial charge in [-0.3, -0.25) is 0 Å². The van der Waals surface area contributed by atoms with Gasteiger partial charge in [0.05, 0.1) is 11.9 Å². The fraction of sp³-hybridized carbons (Fsp3) is 0.857. The summed E-state index contributed by atoms with van der Waals surface area (Å²) in [6.45, 7) is 2.10. The SMILES string of the molecule is CSCCC(C)n1nnnc1CCl. The van der Waals surface area contributed by atoms with Crippen molar-refractivity contribution < 1.29 is 0 Å². The Balaban J connectivity index is 2.59. The summed E-state index contributed by atoms with van der Waals surface area (Å²) in [5, 5.41) is 11.3. The highest BCUT2D eigenvalue weighted by atomic mass is 35.5. The second-order valence-electron chi connectivity index (χ2n) is 2.80. The Morgan fingerprint density at radius 2 is 2.38 bits per heavy atom. The topological polar surface area (TPSA) is 43.6 Å². The summed E-state index contributed by atoms with van der Waals surface area (Å²) < 4.78 is 1.79. The summed E-state index contributed by atoms with van der Waals surface area (Å²) >= 11 is 7.51. The minimum atomic E-state index is 0.330. The number of alkyl halides is 1. The summed E-state index contributed by atoms with van der Waals surface area (Å²) in [6.07, 6.45) is 3.16. The molecule has 1 atom stereocenters. The Labute approximate surface area is 87.0 Å². The summed E-state index contributed by atoms with van der Waals surface area (Å²) in [7, 11) is 0. The molecular formula is C7H13ClN4S. The fourth-order valence-corrected chi connectivity index (χ4v) is 1.81. The minimum absolute atomic E-state index is 0.330. The molecule has 74 valence electrons. The average molecular weight is 221 g/mol. The molecule has 4 nitrogen and oxygen atoms in total. The van der Waals surface area contributed by atoms with E-state index in [2.05, 4.69) is 28.7 Å². The van der Waals surface area contributed by atoms with E-state index in [-0.39, 0.29) is 0 Å². The molecule has 1 rings (SSSR count). The molecule has 0 bridgehead atoms. The maximum atomic E-state index is 5.68. The predicted octanol–water partition coefficient (Wildman–Crippen LogP) is 1.73. The van der Waals surface area contributed by atoms with Crippen LogP contribution in [0.2, 0.25) is 0 Å². The summed E-state index contributed by atoms with van der Waals surface area (Å²) in [6, 6.07) is 0.330. The first-order valence-corrected chi connectivity index (χ1v) is 6.04. The Hall–Kier alpha value is -0.290. The molecule has 0 fully saturated rings. The first-order valence-electron chi connectivity index (χ1n) is 4.11. The van der Waals surface area contributed by atoms with Crippen molar-refractivity contribution in [3.8, 4) is 0 Å². The van der Waals surface area contributed by atoms with Crippen LogP contribution >= 0.6 is 23.4 Å². The first kappa shape index (κ1) is 10.8. The first-order chi connectivity index (χ1) is 6.29. The zero-order chi connectivity index (χ0) is 9.68. The molecule has 6 heteroatoms. The zero-order valence-electron chi connectivity index (χ0n) is 7.77. The molecule has 13 heavy (non-hydrogen) atoms. The molecule has 0 aliphatic heterocycles. The third-order valence-electron chi connectivity index (χ3n) is 1.84. The van der Waals surface area contributed by atoms with Gasteiger partial charge in [-0.1, -0.05) is 0 Å². The zero-order valence-corrected chi connectivity index (χ0v) is 9.35. The van der Waals surface area contributed by atoms with E-state index in [4.69, 9.17) is 11.6 Å². The van der Waals surface area contributed by atoms with Crippen molar-refractivity contribution in [2.75, 3.05) is 12.0 Å². The Bertz CT molecular complexity index is 252. The van der Waals surface area contributed by atoms with Gasteiger partial charge in [0.1, 0.15) is 0 Å². The fourth-order valence-electron chi connectivity index (χ4n) is 1.05. The van der Waals surface area contributed by atoms with Crippen molar-refractivity contribution in [2.45, 2.75) is 25.3 Å². The van der Waals surface area contributed by atoms with Gasteiger partial charge in [0.15, 0.2) is 5.82 Å². The van der Waals surface area contributed by atoms with E-state index in [9.17, 15) is 0 Å². The smallest absolute Gasteiger partial charge is 0.166 e. The molecule has 0 spiro atoms. The second kappa shape index (κ2) is 5.44. The van der Waals surface area contributed by atoms with Gasteiger partial charge in [-0.2, -0.15) is 11.8 Å². The van der Waals surface area contributed by atoms with Gasteiger partial charge in [-0.15, -0.1) is 16.7 Å². The third kappa shape index (κ3) is 2.84. The van der Waals surface area contributed by atoms with Gasteiger partial charge in [-0.25, -0.2) is 4.68 Å². The molecule has 0 radical (unpaired) electrons. The predicted molar refractivity (Wildman–Crippen MR) is 55.1 cm³/mol. The lowest BCUT2D eigenvalue weighted by molar-refractivity contribution is 0.456. The van der Waals surface area contributed by atoms with Crippen LogP contribution in [0.15, 0.2) is 0 Å². The van der Waals surface area contributed by atoms with E-state index >= 15 is 0 Å². The van der Waals surface area contributed by atoms with Gasteiger partial charge in [-0.05, 0) is 35.8 Å². The average Bonchev–Trinajstić information content (AvgIpc) is 2.61. The van der Waals surface area contributed by atoms with E-state index in [1.54, 1.807) is 4.68 Å². The largest absolute Gasteiger partial charge is 0.226 e. The normalized spacial score (nSPS) is 13.2. The van der Waals surface area contributed by atoms with Crippen molar-refractivity contribution >= 4 is 23.4 Å². The van der Waals surface area contributed by atoms with Crippen LogP contribution in [0.4, 0.5) is 0 Å². The number of aromatic nitrogens is 4. The van der Waals surface area contributed by atoms with Crippen molar-refractivity contribution in [1.82, 2.24) is 20.2 Å². The number of hydrogen-bond donors (Lipinski definition) is 0. The standard InChI is InChI=1S/C7H13ClN4S/c1-6(3-4-13-2)12-7(5-8)9-10-11-12/h6H,3-5H2,1-2H3. The van der Waals surface area contributed by atoms with Crippen LogP contribution in [-0.4, -0.2) is 32.2 Å². The Morgan fingerprint density at radius 1 is 1.62 bits per heavy atom. The van der Waals surface area contributed by atoms with E-state index in [1.807, 2.05) is 11.8 Å². The lowest BCUT2D eigenvalue weighted by Crippen LogP contribution is -2.11. The summed E-state index contributed by atoms with van der Waals surface area (Å²) in [5.41, 5.74) is 0. The van der Waals surface area contributed by atoms with Gasteiger partial charge < -0.3 is 0 Å². The molecule has 0 aliphatic carbocycles. The molecule has 1 aromatic rings. The maximum absolute atomic E-state index is 5.68. The molecule has 1 unspecified atom stereocenters. The molecule has 0 amide bonds. The van der Waals surface area contributed by atoms with Crippen molar-refractivity contribution in [1.29, 1.82) is 0 Å². The van der Waals surface area contributed by atoms with Crippen LogP contribution in [-0.2, 0) is 5.88 Å². The summed E-state index contributed by atoms with van der Waals surface area (Å²) in [4.78, 5) is 0. The van der Waals surface area contributed by atoms with Gasteiger partial charge >= 0.3 is 0 Å². The van der Waals surface area contributed by atoms with Crippen molar-refractivity contribution in [2.24, 2.45) is 0 Å². The molecule has 0 saturated heterocycles. The van der Waals surface area contributed by atoms with Crippen molar-refractivity contribution in [3.05, 3.63) is 5.82 Å². The van der Waals surface area contributed by atoms with Crippen LogP contribution in [0.25, 0.3) is 0 Å². The van der Waals surface area contributed by atoms with Crippen LogP contribution in [0.5, 0.6) is 0 Å². The van der Waals surface area contributed by atoms with Gasteiger partial charge in [0, 0.05) is 0 Å². The van der Waals surface area contributed by atoms with E-state index < -0.39 is 0 Å². The molecular weight excluding hydrogens is 208 g/mol. The number of halogens is 1. The van der Waals surface area contributed by atoms with Gasteiger partial charge in [0.25, 0.3) is 0 Å². The monoisotopic (exact) mass is 220 g/mol. The molecule has 0 aromatic carbocycles. The molecule has 1 aromatic heterocycles. The van der Waals surface area contributed by atoms with E-state index in [0.717, 1.165) is 18.0 Å². The van der Waals surface area contributed by atoms with Crippen LogP contribution in [0.1, 0.15) is 25.2 Å². The highest BCUT2D eigenvalue weighted by molar-refractivity contribution is 7.98. The van der Waals surface area contributed by atoms with E-state index in [0.29, 0.717) is 11.9 Å². The third-order valence-corrected chi connectivity index (χ3v) is 2.72. The number of hydrogen-bond acceptors (Lipinski definition) is 4. The molecule has 0 saturated carbocycles. The van der Waals surface area contributed by atoms with Crippen LogP contribution < -0.4 is 0 Å². The lowest BCUT2D eigenvalue weighted by atomic mass is 10.3. The highest BCUT2D eigenvalue weighted by Gasteiger charge is 2.10. The Kier molecular flexibility index (Phi) is 4.52. The second-order valence-corrected chi connectivity index (χ2v) is 4.06. The molecule has 0 aliphatic rings. The number of nitrogens with zero attached hydrogens (tertiary/aromatic N) is 4. The Morgan fingerprint density at radius 3 is 3.00 bits per heavy atom. The number of rotatable bonds is 5. The van der Waals surface area contributed by atoms with E-state index in [1.165, 1.54) is 0 Å².